The van der Waals surface area contributed by atoms with Crippen molar-refractivity contribution in [2.45, 2.75) is 26.1 Å². The van der Waals surface area contributed by atoms with Crippen LogP contribution in [0, 0.1) is 0 Å². The molecule has 72 valence electrons. The lowest BCUT2D eigenvalue weighted by atomic mass is 10.2. The summed E-state index contributed by atoms with van der Waals surface area (Å²) in [5.41, 5.74) is 6.39. The van der Waals surface area contributed by atoms with Crippen molar-refractivity contribution in [3.8, 4) is 0 Å². The molecule has 1 aliphatic rings. The zero-order valence-corrected chi connectivity index (χ0v) is 8.80. The van der Waals surface area contributed by atoms with Gasteiger partial charge in [-0.1, -0.05) is 6.92 Å². The summed E-state index contributed by atoms with van der Waals surface area (Å²) in [4.78, 5) is 2.29. The lowest BCUT2D eigenvalue weighted by Crippen LogP contribution is -2.68. The van der Waals surface area contributed by atoms with Crippen LogP contribution in [0.4, 0.5) is 0 Å². The third-order valence-electron chi connectivity index (χ3n) is 3.74. The van der Waals surface area contributed by atoms with Crippen molar-refractivity contribution in [2.24, 2.45) is 5.73 Å². The van der Waals surface area contributed by atoms with Crippen LogP contribution in [0.25, 0.3) is 0 Å². The number of rotatable bonds is 2. The van der Waals surface area contributed by atoms with Gasteiger partial charge in [-0.25, -0.2) is 4.90 Å². The van der Waals surface area contributed by atoms with Gasteiger partial charge >= 0.3 is 0 Å². The molecule has 3 nitrogen and oxygen atoms in total. The molecule has 2 N–H and O–H groups in total. The van der Waals surface area contributed by atoms with Gasteiger partial charge in [0.25, 0.3) is 0 Å². The van der Waals surface area contributed by atoms with Gasteiger partial charge in [-0.05, 0) is 14.0 Å². The van der Waals surface area contributed by atoms with Crippen LogP contribution >= 0.6 is 0 Å². The average molecular weight is 172 g/mol. The Balaban J connectivity index is 2.91. The van der Waals surface area contributed by atoms with Crippen LogP contribution in [-0.4, -0.2) is 48.9 Å². The smallest absolute Gasteiger partial charge is 0.209 e. The summed E-state index contributed by atoms with van der Waals surface area (Å²) in [6, 6.07) is 0. The normalized spacial score (nSPS) is 43.8. The second kappa shape index (κ2) is 2.98. The first-order chi connectivity index (χ1) is 5.50. The lowest BCUT2D eigenvalue weighted by molar-refractivity contribution is -0.952. The van der Waals surface area contributed by atoms with Crippen LogP contribution in [0.1, 0.15) is 20.3 Å². The van der Waals surface area contributed by atoms with Crippen molar-refractivity contribution < 1.29 is 4.48 Å². The number of hydrogen-bond acceptors (Lipinski definition) is 2. The zero-order chi connectivity index (χ0) is 9.41. The second-order valence-electron chi connectivity index (χ2n) is 4.09. The van der Waals surface area contributed by atoms with Gasteiger partial charge in [0.2, 0.25) is 5.79 Å². The molecule has 0 aromatic rings. The molecule has 0 aromatic heterocycles. The van der Waals surface area contributed by atoms with Crippen molar-refractivity contribution in [2.75, 3.05) is 33.7 Å². The van der Waals surface area contributed by atoms with Gasteiger partial charge in [0.1, 0.15) is 0 Å². The maximum atomic E-state index is 6.39. The van der Waals surface area contributed by atoms with Gasteiger partial charge in [0.15, 0.2) is 0 Å². The van der Waals surface area contributed by atoms with E-state index in [0.717, 1.165) is 24.0 Å². The molecule has 0 spiro atoms. The predicted molar refractivity (Wildman–Crippen MR) is 51.4 cm³/mol. The van der Waals surface area contributed by atoms with Crippen molar-refractivity contribution in [3.05, 3.63) is 0 Å². The molecule has 1 fully saturated rings. The molecule has 0 aliphatic carbocycles. The van der Waals surface area contributed by atoms with Gasteiger partial charge in [-0.2, -0.15) is 0 Å². The summed E-state index contributed by atoms with van der Waals surface area (Å²) < 4.78 is 0.986. The first-order valence-corrected chi connectivity index (χ1v) is 4.85. The minimum absolute atomic E-state index is 0.130. The molecule has 12 heavy (non-hydrogen) atoms. The largest absolute Gasteiger partial charge is 0.295 e. The summed E-state index contributed by atoms with van der Waals surface area (Å²) in [6.45, 7) is 7.81. The maximum Gasteiger partial charge on any atom is 0.209 e. The fourth-order valence-corrected chi connectivity index (χ4v) is 2.25. The first kappa shape index (κ1) is 9.96. The minimum Gasteiger partial charge on any atom is -0.295 e. The molecule has 1 heterocycles. The Morgan fingerprint density at radius 2 is 2.08 bits per heavy atom. The second-order valence-corrected chi connectivity index (χ2v) is 4.09. The molecule has 2 unspecified atom stereocenters. The molecule has 0 radical (unpaired) electrons. The van der Waals surface area contributed by atoms with Crippen LogP contribution in [0.3, 0.4) is 0 Å². The number of nitrogens with zero attached hydrogens (tertiary/aromatic N) is 2. The Hall–Kier alpha value is -0.120. The number of nitrogens with two attached hydrogens (primary N) is 1. The molecule has 1 rings (SSSR count). The summed E-state index contributed by atoms with van der Waals surface area (Å²) in [7, 11) is 4.38. The molecular weight excluding hydrogens is 150 g/mol. The molecule has 2 atom stereocenters. The van der Waals surface area contributed by atoms with Crippen LogP contribution in [0.2, 0.25) is 0 Å². The number of hydrogen-bond donors (Lipinski definition) is 1. The minimum atomic E-state index is -0.130. The van der Waals surface area contributed by atoms with Crippen LogP contribution in [-0.2, 0) is 0 Å². The summed E-state index contributed by atoms with van der Waals surface area (Å²) >= 11 is 0. The van der Waals surface area contributed by atoms with E-state index in [2.05, 4.69) is 32.8 Å². The topological polar surface area (TPSA) is 29.3 Å². The van der Waals surface area contributed by atoms with Gasteiger partial charge in [-0.15, -0.1) is 0 Å². The van der Waals surface area contributed by atoms with Crippen molar-refractivity contribution in [1.82, 2.24) is 4.90 Å². The number of quaternary nitrogens is 1. The van der Waals surface area contributed by atoms with E-state index in [-0.39, 0.29) is 5.79 Å². The zero-order valence-electron chi connectivity index (χ0n) is 8.80. The Bertz CT molecular complexity index is 171. The Morgan fingerprint density at radius 3 is 2.42 bits per heavy atom. The quantitative estimate of drug-likeness (QED) is 0.612. The molecule has 0 aromatic carbocycles. The highest BCUT2D eigenvalue weighted by Gasteiger charge is 2.51. The van der Waals surface area contributed by atoms with E-state index in [1.54, 1.807) is 0 Å². The van der Waals surface area contributed by atoms with E-state index in [9.17, 15) is 0 Å². The van der Waals surface area contributed by atoms with E-state index < -0.39 is 0 Å². The van der Waals surface area contributed by atoms with E-state index in [4.69, 9.17) is 5.73 Å². The average Bonchev–Trinajstić information content (AvgIpc) is 2.31. The Labute approximate surface area is 75.7 Å². The summed E-state index contributed by atoms with van der Waals surface area (Å²) in [5.74, 6) is -0.130. The Kier molecular flexibility index (Phi) is 2.47. The van der Waals surface area contributed by atoms with Gasteiger partial charge in [0.05, 0.1) is 26.7 Å². The highest BCUT2D eigenvalue weighted by atomic mass is 15.6. The summed E-state index contributed by atoms with van der Waals surface area (Å²) in [6.07, 6.45) is 1.02. The number of likely N-dealkylation sites (N-methyl/N-ethyl adjacent to an activating group) is 2. The molecule has 1 saturated heterocycles. The van der Waals surface area contributed by atoms with Gasteiger partial charge in [0, 0.05) is 6.42 Å². The molecular formula is C9H22N3+. The third kappa shape index (κ3) is 1.08. The monoisotopic (exact) mass is 172 g/mol. The van der Waals surface area contributed by atoms with E-state index in [1.807, 2.05) is 0 Å². The van der Waals surface area contributed by atoms with Crippen LogP contribution in [0.5, 0.6) is 0 Å². The van der Waals surface area contributed by atoms with Crippen molar-refractivity contribution in [1.29, 1.82) is 0 Å². The first-order valence-electron chi connectivity index (χ1n) is 4.85. The maximum absolute atomic E-state index is 6.39. The lowest BCUT2D eigenvalue weighted by Gasteiger charge is -2.44. The Morgan fingerprint density at radius 1 is 1.50 bits per heavy atom. The van der Waals surface area contributed by atoms with Gasteiger partial charge in [-0.3, -0.25) is 10.2 Å². The van der Waals surface area contributed by atoms with E-state index in [1.165, 1.54) is 6.54 Å². The molecule has 3 heteroatoms. The van der Waals surface area contributed by atoms with Crippen LogP contribution in [0.15, 0.2) is 0 Å². The molecule has 1 aliphatic heterocycles. The fraction of sp³-hybridized carbons (Fsp3) is 1.00. The van der Waals surface area contributed by atoms with E-state index >= 15 is 0 Å². The fourth-order valence-electron chi connectivity index (χ4n) is 2.25. The predicted octanol–water partition coefficient (Wildman–Crippen LogP) is 0.421. The standard InChI is InChI=1S/C9H22N3/c1-5-9(10)11(3)7-8-12(9,4)6-2/h5-8,10H2,1-4H3/q+1. The van der Waals surface area contributed by atoms with Crippen LogP contribution < -0.4 is 5.73 Å². The third-order valence-corrected chi connectivity index (χ3v) is 3.74. The molecule has 0 saturated carbocycles. The molecule has 0 amide bonds. The van der Waals surface area contributed by atoms with Crippen molar-refractivity contribution in [3.63, 3.8) is 0 Å². The van der Waals surface area contributed by atoms with Crippen molar-refractivity contribution >= 4 is 0 Å². The van der Waals surface area contributed by atoms with E-state index in [0.29, 0.717) is 0 Å². The highest BCUT2D eigenvalue weighted by molar-refractivity contribution is 4.77. The SMILES string of the molecule is CCC1(N)N(C)CC[N+]1(C)CC. The molecule has 0 bridgehead atoms. The van der Waals surface area contributed by atoms with Gasteiger partial charge < -0.3 is 0 Å². The summed E-state index contributed by atoms with van der Waals surface area (Å²) in [5, 5.41) is 0. The highest BCUT2D eigenvalue weighted by Crippen LogP contribution is 2.29.